The number of ether oxygens (including phenoxy) is 1. The van der Waals surface area contributed by atoms with Crippen LogP contribution < -0.4 is 10.1 Å². The summed E-state index contributed by atoms with van der Waals surface area (Å²) < 4.78 is 11.6. The van der Waals surface area contributed by atoms with Gasteiger partial charge in [-0.1, -0.05) is 6.07 Å². The lowest BCUT2D eigenvalue weighted by Gasteiger charge is -2.11. The minimum atomic E-state index is 0.467. The van der Waals surface area contributed by atoms with Crippen molar-refractivity contribution in [2.24, 2.45) is 0 Å². The Hall–Kier alpha value is -1.74. The molecule has 20 heavy (non-hydrogen) atoms. The quantitative estimate of drug-likeness (QED) is 0.899. The Morgan fingerprint density at radius 2 is 1.85 bits per heavy atom. The Morgan fingerprint density at radius 3 is 2.55 bits per heavy atom. The maximum Gasteiger partial charge on any atom is 0.146 e. The highest BCUT2D eigenvalue weighted by atomic mass is 16.5. The lowest BCUT2D eigenvalue weighted by Crippen LogP contribution is -2.04. The second-order valence-corrected chi connectivity index (χ2v) is 5.32. The van der Waals surface area contributed by atoms with E-state index in [9.17, 15) is 0 Å². The molecule has 0 spiro atoms. The van der Waals surface area contributed by atoms with E-state index < -0.39 is 0 Å². The zero-order chi connectivity index (χ0) is 14.7. The number of hydrogen-bond donors (Lipinski definition) is 1. The summed E-state index contributed by atoms with van der Waals surface area (Å²) in [4.78, 5) is 0. The summed E-state index contributed by atoms with van der Waals surface area (Å²) in [5.41, 5.74) is 4.85. The van der Waals surface area contributed by atoms with E-state index in [4.69, 9.17) is 9.15 Å². The van der Waals surface area contributed by atoms with Gasteiger partial charge in [0.05, 0.1) is 0 Å². The molecule has 0 bridgehead atoms. The van der Waals surface area contributed by atoms with Gasteiger partial charge in [-0.3, -0.25) is 0 Å². The summed E-state index contributed by atoms with van der Waals surface area (Å²) in [6.07, 6.45) is 0. The second-order valence-electron chi connectivity index (χ2n) is 5.32. The number of aryl methyl sites for hydroxylation is 3. The van der Waals surface area contributed by atoms with Crippen LogP contribution in [0.5, 0.6) is 5.75 Å². The van der Waals surface area contributed by atoms with Crippen molar-refractivity contribution in [2.45, 2.75) is 40.8 Å². The predicted octanol–water partition coefficient (Wildman–Crippen LogP) is 3.81. The maximum atomic E-state index is 5.92. The molecule has 3 nitrogen and oxygen atoms in total. The summed E-state index contributed by atoms with van der Waals surface area (Å²) in [5.74, 6) is 2.76. The van der Waals surface area contributed by atoms with Crippen LogP contribution in [0.15, 0.2) is 22.6 Å². The van der Waals surface area contributed by atoms with Crippen molar-refractivity contribution in [2.75, 3.05) is 7.05 Å². The van der Waals surface area contributed by atoms with Gasteiger partial charge in [-0.25, -0.2) is 0 Å². The number of rotatable bonds is 5. The number of benzene rings is 1. The first kappa shape index (κ1) is 14.7. The molecule has 0 radical (unpaired) electrons. The summed E-state index contributed by atoms with van der Waals surface area (Å²) in [6, 6.07) is 6.31. The molecule has 1 N–H and O–H groups in total. The second kappa shape index (κ2) is 6.14. The highest BCUT2D eigenvalue weighted by Gasteiger charge is 2.09. The number of hydrogen-bond acceptors (Lipinski definition) is 3. The van der Waals surface area contributed by atoms with Gasteiger partial charge in [0.2, 0.25) is 0 Å². The zero-order valence-electron chi connectivity index (χ0n) is 13.0. The van der Waals surface area contributed by atoms with Crippen molar-refractivity contribution in [1.29, 1.82) is 0 Å². The highest BCUT2D eigenvalue weighted by molar-refractivity contribution is 5.42. The normalized spacial score (nSPS) is 10.8. The third kappa shape index (κ3) is 3.23. The van der Waals surface area contributed by atoms with Crippen LogP contribution in [0.25, 0.3) is 0 Å². The van der Waals surface area contributed by atoms with Crippen molar-refractivity contribution in [3.8, 4) is 5.75 Å². The zero-order valence-corrected chi connectivity index (χ0v) is 13.0. The van der Waals surface area contributed by atoms with E-state index in [-0.39, 0.29) is 0 Å². The lowest BCUT2D eigenvalue weighted by molar-refractivity contribution is 0.265. The molecule has 0 aliphatic rings. The fourth-order valence-electron chi connectivity index (χ4n) is 2.32. The monoisotopic (exact) mass is 273 g/mol. The molecule has 0 saturated carbocycles. The smallest absolute Gasteiger partial charge is 0.146 e. The van der Waals surface area contributed by atoms with E-state index in [1.807, 2.05) is 14.0 Å². The minimum absolute atomic E-state index is 0.467. The summed E-state index contributed by atoms with van der Waals surface area (Å²) in [7, 11) is 1.93. The molecule has 0 atom stereocenters. The van der Waals surface area contributed by atoms with Crippen molar-refractivity contribution < 1.29 is 9.15 Å². The topological polar surface area (TPSA) is 34.4 Å². The molecule has 0 aliphatic carbocycles. The molecule has 1 heterocycles. The first-order valence-corrected chi connectivity index (χ1v) is 6.94. The first-order chi connectivity index (χ1) is 9.51. The highest BCUT2D eigenvalue weighted by Crippen LogP contribution is 2.25. The van der Waals surface area contributed by atoms with Crippen LogP contribution in [0, 0.1) is 27.7 Å². The van der Waals surface area contributed by atoms with Gasteiger partial charge in [-0.15, -0.1) is 0 Å². The van der Waals surface area contributed by atoms with Crippen molar-refractivity contribution in [1.82, 2.24) is 5.32 Å². The average Bonchev–Trinajstić information content (AvgIpc) is 2.73. The first-order valence-electron chi connectivity index (χ1n) is 6.94. The van der Waals surface area contributed by atoms with E-state index >= 15 is 0 Å². The van der Waals surface area contributed by atoms with Crippen LogP contribution >= 0.6 is 0 Å². The van der Waals surface area contributed by atoms with E-state index in [1.54, 1.807) is 0 Å². The van der Waals surface area contributed by atoms with Gasteiger partial charge < -0.3 is 14.5 Å². The fourth-order valence-corrected chi connectivity index (χ4v) is 2.32. The number of nitrogens with one attached hydrogen (secondary N) is 1. The Morgan fingerprint density at radius 1 is 1.10 bits per heavy atom. The molecule has 1 aromatic heterocycles. The molecule has 108 valence electrons. The van der Waals surface area contributed by atoms with Gasteiger partial charge in [0.1, 0.15) is 23.9 Å². The van der Waals surface area contributed by atoms with Crippen molar-refractivity contribution >= 4 is 0 Å². The molecule has 2 aromatic rings. The molecule has 1 aromatic carbocycles. The summed E-state index contributed by atoms with van der Waals surface area (Å²) in [6.45, 7) is 9.55. The molecule has 0 amide bonds. The molecule has 2 rings (SSSR count). The summed E-state index contributed by atoms with van der Waals surface area (Å²) in [5, 5.41) is 3.14. The SMILES string of the molecule is CNCc1cc(COc2cc(C)cc(C)c2C)oc1C. The molecular formula is C17H23NO2. The Labute approximate surface area is 121 Å². The Bertz CT molecular complexity index is 599. The van der Waals surface area contributed by atoms with Crippen molar-refractivity contribution in [3.05, 3.63) is 52.0 Å². The van der Waals surface area contributed by atoms with Crippen LogP contribution in [0.2, 0.25) is 0 Å². The fraction of sp³-hybridized carbons (Fsp3) is 0.412. The van der Waals surface area contributed by atoms with Crippen molar-refractivity contribution in [3.63, 3.8) is 0 Å². The van der Waals surface area contributed by atoms with E-state index in [1.165, 1.54) is 22.3 Å². The van der Waals surface area contributed by atoms with Gasteiger partial charge >= 0.3 is 0 Å². The van der Waals surface area contributed by atoms with Crippen LogP contribution in [0.1, 0.15) is 33.8 Å². The standard InChI is InChI=1S/C17H23NO2/c1-11-6-12(2)13(3)17(7-11)19-10-16-8-15(9-18-5)14(4)20-16/h6-8,18H,9-10H2,1-5H3. The largest absolute Gasteiger partial charge is 0.485 e. The van der Waals surface area contributed by atoms with Crippen LogP contribution in [-0.2, 0) is 13.2 Å². The van der Waals surface area contributed by atoms with Gasteiger partial charge in [-0.05, 0) is 63.6 Å². The summed E-state index contributed by atoms with van der Waals surface area (Å²) >= 11 is 0. The lowest BCUT2D eigenvalue weighted by atomic mass is 10.1. The molecular weight excluding hydrogens is 250 g/mol. The average molecular weight is 273 g/mol. The van der Waals surface area contributed by atoms with Crippen LogP contribution in [0.3, 0.4) is 0 Å². The third-order valence-corrected chi connectivity index (χ3v) is 3.57. The molecule has 0 unspecified atom stereocenters. The molecule has 0 saturated heterocycles. The minimum Gasteiger partial charge on any atom is -0.485 e. The molecule has 3 heteroatoms. The van der Waals surface area contributed by atoms with Gasteiger partial charge in [0, 0.05) is 12.1 Å². The van der Waals surface area contributed by atoms with Gasteiger partial charge in [0.25, 0.3) is 0 Å². The molecule has 0 fully saturated rings. The van der Waals surface area contributed by atoms with Crippen LogP contribution in [0.4, 0.5) is 0 Å². The van der Waals surface area contributed by atoms with E-state index in [0.29, 0.717) is 6.61 Å². The van der Waals surface area contributed by atoms with Gasteiger partial charge in [-0.2, -0.15) is 0 Å². The van der Waals surface area contributed by atoms with E-state index in [0.717, 1.165) is 23.8 Å². The van der Waals surface area contributed by atoms with Crippen LogP contribution in [-0.4, -0.2) is 7.05 Å². The van der Waals surface area contributed by atoms with E-state index in [2.05, 4.69) is 44.3 Å². The third-order valence-electron chi connectivity index (χ3n) is 3.57. The van der Waals surface area contributed by atoms with Gasteiger partial charge in [0.15, 0.2) is 0 Å². The predicted molar refractivity (Wildman–Crippen MR) is 81.2 cm³/mol. The molecule has 0 aliphatic heterocycles. The maximum absolute atomic E-state index is 5.92. The number of furan rings is 1. The Kier molecular flexibility index (Phi) is 4.50. The Balaban J connectivity index is 2.11.